The van der Waals surface area contributed by atoms with Crippen molar-refractivity contribution in [3.63, 3.8) is 0 Å². The highest BCUT2D eigenvalue weighted by molar-refractivity contribution is 4.77. The lowest BCUT2D eigenvalue weighted by Gasteiger charge is -2.23. The molecule has 0 spiro atoms. The molecule has 0 saturated carbocycles. The van der Waals surface area contributed by atoms with Crippen LogP contribution >= 0.6 is 0 Å². The summed E-state index contributed by atoms with van der Waals surface area (Å²) in [5.74, 6) is 0.927. The number of nitrogens with zero attached hydrogens (tertiary/aromatic N) is 1. The second kappa shape index (κ2) is 4.43. The highest BCUT2D eigenvalue weighted by atomic mass is 15.1. The van der Waals surface area contributed by atoms with Crippen LogP contribution in [0, 0.1) is 11.3 Å². The topological polar surface area (TPSA) is 29.3 Å². The smallest absolute Gasteiger partial charge is 0.000709 e. The first-order valence-corrected chi connectivity index (χ1v) is 5.42. The number of hydrogen-bond acceptors (Lipinski definition) is 2. The first-order chi connectivity index (χ1) is 6.03. The second-order valence-corrected chi connectivity index (χ2v) is 5.32. The van der Waals surface area contributed by atoms with Gasteiger partial charge < -0.3 is 10.6 Å². The zero-order chi connectivity index (χ0) is 9.90. The van der Waals surface area contributed by atoms with Crippen molar-refractivity contribution in [3.8, 4) is 0 Å². The molecule has 78 valence electrons. The molecule has 0 bridgehead atoms. The average molecular weight is 184 g/mol. The summed E-state index contributed by atoms with van der Waals surface area (Å²) in [6.07, 6.45) is 4.02. The summed E-state index contributed by atoms with van der Waals surface area (Å²) in [6.45, 7) is 7.93. The predicted molar refractivity (Wildman–Crippen MR) is 57.7 cm³/mol. The Bertz CT molecular complexity index is 154. The summed E-state index contributed by atoms with van der Waals surface area (Å²) < 4.78 is 0. The fourth-order valence-corrected chi connectivity index (χ4v) is 1.96. The highest BCUT2D eigenvalue weighted by Crippen LogP contribution is 2.27. The zero-order valence-electron chi connectivity index (χ0n) is 9.34. The van der Waals surface area contributed by atoms with Gasteiger partial charge in [0.15, 0.2) is 0 Å². The maximum absolute atomic E-state index is 5.71. The Kier molecular flexibility index (Phi) is 3.74. The third-order valence-corrected chi connectivity index (χ3v) is 3.27. The van der Waals surface area contributed by atoms with Crippen molar-refractivity contribution in [3.05, 3.63) is 0 Å². The molecule has 0 aliphatic carbocycles. The van der Waals surface area contributed by atoms with Crippen molar-refractivity contribution in [2.45, 2.75) is 33.1 Å². The van der Waals surface area contributed by atoms with Gasteiger partial charge in [0, 0.05) is 6.54 Å². The van der Waals surface area contributed by atoms with Crippen molar-refractivity contribution < 1.29 is 0 Å². The molecule has 2 nitrogen and oxygen atoms in total. The molecular weight excluding hydrogens is 160 g/mol. The van der Waals surface area contributed by atoms with Crippen LogP contribution in [0.2, 0.25) is 0 Å². The van der Waals surface area contributed by atoms with E-state index in [9.17, 15) is 0 Å². The van der Waals surface area contributed by atoms with Gasteiger partial charge in [0.1, 0.15) is 0 Å². The van der Waals surface area contributed by atoms with Gasteiger partial charge in [0.2, 0.25) is 0 Å². The van der Waals surface area contributed by atoms with Gasteiger partial charge in [0.05, 0.1) is 0 Å². The first-order valence-electron chi connectivity index (χ1n) is 5.42. The fraction of sp³-hybridized carbons (Fsp3) is 1.00. The van der Waals surface area contributed by atoms with Gasteiger partial charge in [0.25, 0.3) is 0 Å². The van der Waals surface area contributed by atoms with Crippen molar-refractivity contribution in [2.75, 3.05) is 26.7 Å². The van der Waals surface area contributed by atoms with Gasteiger partial charge in [-0.05, 0) is 50.7 Å². The molecule has 13 heavy (non-hydrogen) atoms. The van der Waals surface area contributed by atoms with E-state index < -0.39 is 0 Å². The molecular formula is C11H24N2. The Morgan fingerprint density at radius 1 is 1.46 bits per heavy atom. The van der Waals surface area contributed by atoms with Crippen LogP contribution in [-0.2, 0) is 0 Å². The lowest BCUT2D eigenvalue weighted by molar-refractivity contribution is 0.298. The highest BCUT2D eigenvalue weighted by Gasteiger charge is 2.22. The molecule has 0 aromatic rings. The number of nitrogens with two attached hydrogens (primary N) is 1. The molecule has 0 aromatic heterocycles. The molecule has 1 aliphatic rings. The summed E-state index contributed by atoms with van der Waals surface area (Å²) in [7, 11) is 2.22. The van der Waals surface area contributed by atoms with Gasteiger partial charge in [-0.3, -0.25) is 0 Å². The summed E-state index contributed by atoms with van der Waals surface area (Å²) in [6, 6.07) is 0. The van der Waals surface area contributed by atoms with E-state index in [1.165, 1.54) is 32.4 Å². The minimum Gasteiger partial charge on any atom is -0.330 e. The lowest BCUT2D eigenvalue weighted by Crippen LogP contribution is -2.24. The van der Waals surface area contributed by atoms with Crippen LogP contribution in [-0.4, -0.2) is 31.6 Å². The third-order valence-electron chi connectivity index (χ3n) is 3.27. The molecule has 0 amide bonds. The summed E-state index contributed by atoms with van der Waals surface area (Å²) in [5, 5.41) is 0. The summed E-state index contributed by atoms with van der Waals surface area (Å²) in [4.78, 5) is 2.43. The molecule has 1 unspecified atom stereocenters. The van der Waals surface area contributed by atoms with Crippen LogP contribution in [0.4, 0.5) is 0 Å². The molecule has 1 rings (SSSR count). The Morgan fingerprint density at radius 2 is 2.15 bits per heavy atom. The minimum atomic E-state index is 0.348. The van der Waals surface area contributed by atoms with Crippen LogP contribution in [0.1, 0.15) is 33.1 Å². The maximum atomic E-state index is 5.71. The fourth-order valence-electron chi connectivity index (χ4n) is 1.96. The molecule has 2 heteroatoms. The summed E-state index contributed by atoms with van der Waals surface area (Å²) in [5.41, 5.74) is 6.06. The normalized spacial score (nSPS) is 25.4. The van der Waals surface area contributed by atoms with Crippen LogP contribution in [0.15, 0.2) is 0 Å². The van der Waals surface area contributed by atoms with Crippen molar-refractivity contribution in [1.82, 2.24) is 4.90 Å². The largest absolute Gasteiger partial charge is 0.330 e. The predicted octanol–water partition coefficient (Wildman–Crippen LogP) is 1.70. The van der Waals surface area contributed by atoms with E-state index in [1.54, 1.807) is 0 Å². The van der Waals surface area contributed by atoms with E-state index in [1.807, 2.05) is 0 Å². The molecule has 1 atom stereocenters. The summed E-state index contributed by atoms with van der Waals surface area (Å²) >= 11 is 0. The van der Waals surface area contributed by atoms with Gasteiger partial charge in [-0.25, -0.2) is 0 Å². The Hall–Kier alpha value is -0.0800. The van der Waals surface area contributed by atoms with E-state index in [0.29, 0.717) is 5.41 Å². The lowest BCUT2D eigenvalue weighted by atomic mass is 9.84. The third kappa shape index (κ3) is 3.65. The van der Waals surface area contributed by atoms with E-state index in [2.05, 4.69) is 25.8 Å². The van der Waals surface area contributed by atoms with Crippen LogP contribution in [0.3, 0.4) is 0 Å². The maximum Gasteiger partial charge on any atom is 0.000709 e. The molecule has 2 N–H and O–H groups in total. The van der Waals surface area contributed by atoms with E-state index in [4.69, 9.17) is 5.73 Å². The van der Waals surface area contributed by atoms with Gasteiger partial charge >= 0.3 is 0 Å². The standard InChI is InChI=1S/C11H24N2/c1-11(2,9-12)6-4-10-5-7-13(3)8-10/h10H,4-9,12H2,1-3H3. The Labute approximate surface area is 82.5 Å². The van der Waals surface area contributed by atoms with Gasteiger partial charge in [-0.15, -0.1) is 0 Å². The molecule has 1 aliphatic heterocycles. The first kappa shape index (κ1) is 11.0. The number of rotatable bonds is 4. The van der Waals surface area contributed by atoms with Crippen molar-refractivity contribution >= 4 is 0 Å². The Morgan fingerprint density at radius 3 is 2.62 bits per heavy atom. The Balaban J connectivity index is 2.19. The molecule has 1 heterocycles. The van der Waals surface area contributed by atoms with E-state index >= 15 is 0 Å². The van der Waals surface area contributed by atoms with Crippen LogP contribution < -0.4 is 5.73 Å². The van der Waals surface area contributed by atoms with E-state index in [-0.39, 0.29) is 0 Å². The monoisotopic (exact) mass is 184 g/mol. The SMILES string of the molecule is CN1CCC(CCC(C)(C)CN)C1. The van der Waals surface area contributed by atoms with E-state index in [0.717, 1.165) is 12.5 Å². The van der Waals surface area contributed by atoms with Crippen molar-refractivity contribution in [2.24, 2.45) is 17.1 Å². The minimum absolute atomic E-state index is 0.348. The van der Waals surface area contributed by atoms with Crippen LogP contribution in [0.5, 0.6) is 0 Å². The molecule has 1 fully saturated rings. The number of likely N-dealkylation sites (tertiary alicyclic amines) is 1. The molecule has 0 radical (unpaired) electrons. The zero-order valence-corrected chi connectivity index (χ0v) is 9.34. The molecule has 1 saturated heterocycles. The average Bonchev–Trinajstić information content (AvgIpc) is 2.48. The second-order valence-electron chi connectivity index (χ2n) is 5.32. The van der Waals surface area contributed by atoms with Gasteiger partial charge in [-0.1, -0.05) is 13.8 Å². The van der Waals surface area contributed by atoms with Crippen LogP contribution in [0.25, 0.3) is 0 Å². The van der Waals surface area contributed by atoms with Crippen molar-refractivity contribution in [1.29, 1.82) is 0 Å². The molecule has 0 aromatic carbocycles. The van der Waals surface area contributed by atoms with Gasteiger partial charge in [-0.2, -0.15) is 0 Å². The quantitative estimate of drug-likeness (QED) is 0.720. The number of hydrogen-bond donors (Lipinski definition) is 1.